The number of nitrogens with zero attached hydrogens (tertiary/aromatic N) is 1. The molecule has 0 saturated heterocycles. The van der Waals surface area contributed by atoms with E-state index in [4.69, 9.17) is 4.74 Å². The Bertz CT molecular complexity index is 1310. The van der Waals surface area contributed by atoms with Crippen LogP contribution < -0.4 is 24.4 Å². The number of urea groups is 1. The molecular weight excluding hydrogens is 552 g/mol. The number of aldehydes is 1. The standard InChI is InChI=1S/C27H26F4N4O4S/c1-35(23-3-5-24(39-2)6-4-23)26(37)25(12-17-9-20(30)14-21(31)10-17)32-27(38)34-40-33-22(15-36)11-16-7-18(28)13-19(29)8-16/h3-10,13-15,22,25,33H,11-12H2,1-2H3,(H2,32,34,38)/t22-,25?/m0/s1. The molecule has 0 aromatic heterocycles. The maximum Gasteiger partial charge on any atom is 0.326 e. The van der Waals surface area contributed by atoms with Gasteiger partial charge in [0.25, 0.3) is 0 Å². The molecule has 0 aliphatic carbocycles. The van der Waals surface area contributed by atoms with Gasteiger partial charge in [-0.1, -0.05) is 0 Å². The van der Waals surface area contributed by atoms with Crippen molar-refractivity contribution in [3.8, 4) is 5.75 Å². The molecule has 3 amide bonds. The molecule has 212 valence electrons. The predicted octanol–water partition coefficient (Wildman–Crippen LogP) is 4.09. The summed E-state index contributed by atoms with van der Waals surface area (Å²) in [6.07, 6.45) is 0.207. The third-order valence-electron chi connectivity index (χ3n) is 5.65. The number of methoxy groups -OCH3 is 1. The Kier molecular flexibility index (Phi) is 10.9. The van der Waals surface area contributed by atoms with Crippen LogP contribution in [0.2, 0.25) is 0 Å². The van der Waals surface area contributed by atoms with Crippen LogP contribution in [0.3, 0.4) is 0 Å². The lowest BCUT2D eigenvalue weighted by molar-refractivity contribution is -0.120. The number of anilines is 1. The lowest BCUT2D eigenvalue weighted by Gasteiger charge is -2.25. The summed E-state index contributed by atoms with van der Waals surface area (Å²) in [5.41, 5.74) is 0.831. The van der Waals surface area contributed by atoms with Gasteiger partial charge in [0.15, 0.2) is 0 Å². The van der Waals surface area contributed by atoms with E-state index in [0.717, 1.165) is 24.3 Å². The molecule has 0 bridgehead atoms. The molecular formula is C27H26F4N4O4S. The number of likely N-dealkylation sites (N-methyl/N-ethyl adjacent to an activating group) is 1. The van der Waals surface area contributed by atoms with Crippen molar-refractivity contribution in [1.29, 1.82) is 0 Å². The third-order valence-corrected chi connectivity index (χ3v) is 6.36. The number of amides is 3. The monoisotopic (exact) mass is 578 g/mol. The second-order valence-electron chi connectivity index (χ2n) is 8.65. The number of ether oxygens (including phenoxy) is 1. The molecule has 3 aromatic carbocycles. The van der Waals surface area contributed by atoms with Crippen LogP contribution in [0.5, 0.6) is 5.75 Å². The number of carbonyl (C=O) groups is 3. The van der Waals surface area contributed by atoms with Gasteiger partial charge in [-0.15, -0.1) is 0 Å². The lowest BCUT2D eigenvalue weighted by atomic mass is 10.0. The van der Waals surface area contributed by atoms with Crippen LogP contribution in [0.15, 0.2) is 60.7 Å². The van der Waals surface area contributed by atoms with E-state index in [2.05, 4.69) is 14.8 Å². The van der Waals surface area contributed by atoms with Crippen LogP contribution in [-0.4, -0.2) is 44.5 Å². The molecule has 0 fully saturated rings. The molecule has 0 radical (unpaired) electrons. The van der Waals surface area contributed by atoms with Crippen LogP contribution in [0.1, 0.15) is 11.1 Å². The van der Waals surface area contributed by atoms with Gasteiger partial charge >= 0.3 is 6.03 Å². The molecule has 3 rings (SSSR count). The van der Waals surface area contributed by atoms with Crippen molar-refractivity contribution >= 4 is 36.0 Å². The van der Waals surface area contributed by atoms with Crippen molar-refractivity contribution in [2.45, 2.75) is 24.9 Å². The van der Waals surface area contributed by atoms with Crippen molar-refractivity contribution in [3.63, 3.8) is 0 Å². The Balaban J connectivity index is 1.67. The van der Waals surface area contributed by atoms with Crippen LogP contribution in [-0.2, 0) is 22.4 Å². The van der Waals surface area contributed by atoms with E-state index < -0.39 is 47.3 Å². The number of benzene rings is 3. The first-order chi connectivity index (χ1) is 19.1. The largest absolute Gasteiger partial charge is 0.497 e. The zero-order valence-electron chi connectivity index (χ0n) is 21.4. The summed E-state index contributed by atoms with van der Waals surface area (Å²) >= 11 is 0.606. The van der Waals surface area contributed by atoms with E-state index in [9.17, 15) is 31.9 Å². The highest BCUT2D eigenvalue weighted by atomic mass is 32.2. The first kappa shape index (κ1) is 30.4. The average Bonchev–Trinajstić information content (AvgIpc) is 2.90. The highest BCUT2D eigenvalue weighted by Gasteiger charge is 2.26. The predicted molar refractivity (Wildman–Crippen MR) is 143 cm³/mol. The van der Waals surface area contributed by atoms with Crippen LogP contribution in [0.4, 0.5) is 28.0 Å². The van der Waals surface area contributed by atoms with E-state index in [0.29, 0.717) is 42.0 Å². The minimum atomic E-state index is -1.24. The van der Waals surface area contributed by atoms with Crippen molar-refractivity contribution in [1.82, 2.24) is 14.8 Å². The minimum absolute atomic E-state index is 0.0621. The molecule has 40 heavy (non-hydrogen) atoms. The van der Waals surface area contributed by atoms with Crippen molar-refractivity contribution in [3.05, 3.63) is 95.1 Å². The molecule has 0 saturated carbocycles. The average molecular weight is 579 g/mol. The Morgan fingerprint density at radius 1 is 0.900 bits per heavy atom. The number of nitrogens with one attached hydrogen (secondary N) is 3. The maximum atomic E-state index is 13.8. The summed E-state index contributed by atoms with van der Waals surface area (Å²) in [7, 11) is 2.97. The summed E-state index contributed by atoms with van der Waals surface area (Å²) < 4.78 is 64.5. The Labute approximate surface area is 232 Å². The first-order valence-corrected chi connectivity index (χ1v) is 12.6. The van der Waals surface area contributed by atoms with Gasteiger partial charge in [0, 0.05) is 43.4 Å². The van der Waals surface area contributed by atoms with E-state index in [1.54, 1.807) is 24.3 Å². The summed E-state index contributed by atoms with van der Waals surface area (Å²) in [4.78, 5) is 38.7. The smallest absolute Gasteiger partial charge is 0.326 e. The highest BCUT2D eigenvalue weighted by Crippen LogP contribution is 2.20. The molecule has 0 heterocycles. The molecule has 8 nitrogen and oxygen atoms in total. The van der Waals surface area contributed by atoms with E-state index in [-0.39, 0.29) is 24.0 Å². The Hall–Kier alpha value is -4.10. The molecule has 3 aromatic rings. The maximum absolute atomic E-state index is 13.8. The van der Waals surface area contributed by atoms with E-state index in [1.165, 1.54) is 19.1 Å². The van der Waals surface area contributed by atoms with Gasteiger partial charge in [-0.25, -0.2) is 27.1 Å². The summed E-state index contributed by atoms with van der Waals surface area (Å²) in [5, 5.41) is 2.47. The number of halogens is 4. The number of hydrogen-bond acceptors (Lipinski definition) is 6. The van der Waals surface area contributed by atoms with Gasteiger partial charge in [-0.3, -0.25) is 9.52 Å². The van der Waals surface area contributed by atoms with Crippen molar-refractivity contribution in [2.75, 3.05) is 19.1 Å². The number of rotatable bonds is 12. The van der Waals surface area contributed by atoms with Crippen LogP contribution in [0, 0.1) is 23.3 Å². The summed E-state index contributed by atoms with van der Waals surface area (Å²) in [6, 6.07) is 9.17. The Morgan fingerprint density at radius 2 is 1.43 bits per heavy atom. The minimum Gasteiger partial charge on any atom is -0.497 e. The first-order valence-electron chi connectivity index (χ1n) is 11.8. The molecule has 3 N–H and O–H groups in total. The normalized spacial score (nSPS) is 12.2. The van der Waals surface area contributed by atoms with Gasteiger partial charge in [0.05, 0.1) is 13.2 Å². The highest BCUT2D eigenvalue weighted by molar-refractivity contribution is 7.96. The topological polar surface area (TPSA) is 99.8 Å². The third kappa shape index (κ3) is 8.99. The van der Waals surface area contributed by atoms with Gasteiger partial charge in [-0.05, 0) is 66.1 Å². The molecule has 13 heteroatoms. The van der Waals surface area contributed by atoms with Gasteiger partial charge in [0.2, 0.25) is 5.91 Å². The molecule has 0 aliphatic heterocycles. The second kappa shape index (κ2) is 14.3. The second-order valence-corrected chi connectivity index (χ2v) is 9.29. The van der Waals surface area contributed by atoms with E-state index in [1.807, 2.05) is 0 Å². The van der Waals surface area contributed by atoms with Crippen LogP contribution in [0.25, 0.3) is 0 Å². The summed E-state index contributed by atoms with van der Waals surface area (Å²) in [5.74, 6) is -3.29. The molecule has 0 aliphatic rings. The fourth-order valence-corrected chi connectivity index (χ4v) is 4.27. The van der Waals surface area contributed by atoms with E-state index >= 15 is 0 Å². The quantitative estimate of drug-likeness (QED) is 0.170. The van der Waals surface area contributed by atoms with Gasteiger partial charge in [0.1, 0.15) is 41.3 Å². The van der Waals surface area contributed by atoms with Gasteiger partial charge < -0.3 is 19.7 Å². The fraction of sp³-hybridized carbons (Fsp3) is 0.222. The fourth-order valence-electron chi connectivity index (χ4n) is 3.77. The number of hydrogen-bond donors (Lipinski definition) is 3. The zero-order chi connectivity index (χ0) is 29.2. The molecule has 1 unspecified atom stereocenters. The number of carbonyl (C=O) groups excluding carboxylic acids is 3. The van der Waals surface area contributed by atoms with Crippen LogP contribution >= 0.6 is 12.1 Å². The Morgan fingerprint density at radius 3 is 1.93 bits per heavy atom. The lowest BCUT2D eigenvalue weighted by Crippen LogP contribution is -2.51. The van der Waals surface area contributed by atoms with Crippen molar-refractivity contribution < 1.29 is 36.7 Å². The summed E-state index contributed by atoms with van der Waals surface area (Å²) in [6.45, 7) is 0. The SMILES string of the molecule is COc1ccc(N(C)C(=O)C(Cc2cc(F)cc(F)c2)NC(=O)NSN[C@H](C=O)Cc2cc(F)cc(F)c2)cc1. The zero-order valence-corrected chi connectivity index (χ0v) is 22.2. The van der Waals surface area contributed by atoms with Crippen molar-refractivity contribution in [2.24, 2.45) is 0 Å². The molecule has 0 spiro atoms. The van der Waals surface area contributed by atoms with Gasteiger partial charge in [-0.2, -0.15) is 0 Å². The molecule has 2 atom stereocenters.